The van der Waals surface area contributed by atoms with Gasteiger partial charge in [-0.15, -0.1) is 0 Å². The van der Waals surface area contributed by atoms with Gasteiger partial charge in [-0.1, -0.05) is 39.8 Å². The molecule has 2 aromatic rings. The summed E-state index contributed by atoms with van der Waals surface area (Å²) in [6.07, 6.45) is 0. The Morgan fingerprint density at radius 3 is 2.22 bits per heavy atom. The second-order valence-corrected chi connectivity index (χ2v) is 6.16. The fraction of sp³-hybridized carbons (Fsp3) is 0.467. The minimum Gasteiger partial charge on any atom is -0.237 e. The molecule has 0 aliphatic carbocycles. The lowest BCUT2D eigenvalue weighted by molar-refractivity contribution is 0.742. The summed E-state index contributed by atoms with van der Waals surface area (Å²) in [6.45, 7) is 10.7. The van der Waals surface area contributed by atoms with Crippen LogP contribution in [0, 0.1) is 6.92 Å². The fourth-order valence-corrected chi connectivity index (χ4v) is 2.44. The molecule has 96 valence electrons. The van der Waals surface area contributed by atoms with E-state index in [-0.39, 0.29) is 0 Å². The van der Waals surface area contributed by atoms with Gasteiger partial charge in [0.2, 0.25) is 0 Å². The number of halogens is 1. The van der Waals surface area contributed by atoms with E-state index in [1.54, 1.807) is 0 Å². The van der Waals surface area contributed by atoms with Crippen molar-refractivity contribution in [2.75, 3.05) is 0 Å². The van der Waals surface area contributed by atoms with Crippen LogP contribution in [0.3, 0.4) is 0 Å². The molecule has 1 aromatic heterocycles. The molecule has 0 aliphatic heterocycles. The van der Waals surface area contributed by atoms with Gasteiger partial charge in [0.05, 0.1) is 11.2 Å². The maximum absolute atomic E-state index is 4.74. The van der Waals surface area contributed by atoms with Crippen LogP contribution in [0.1, 0.15) is 56.6 Å². The van der Waals surface area contributed by atoms with Gasteiger partial charge in [0.1, 0.15) is 5.82 Å². The first-order valence-electron chi connectivity index (χ1n) is 6.38. The molecule has 0 aliphatic rings. The SMILES string of the molecule is Cc1ccc2c(C(C)C)nc(C(C)C)nc2c1Br. The van der Waals surface area contributed by atoms with E-state index in [0.717, 1.165) is 26.9 Å². The Morgan fingerprint density at radius 1 is 1.00 bits per heavy atom. The Kier molecular flexibility index (Phi) is 3.71. The zero-order valence-electron chi connectivity index (χ0n) is 11.6. The van der Waals surface area contributed by atoms with Crippen LogP contribution in [0.2, 0.25) is 0 Å². The third-order valence-electron chi connectivity index (χ3n) is 3.11. The van der Waals surface area contributed by atoms with Crippen LogP contribution < -0.4 is 0 Å². The molecule has 0 radical (unpaired) electrons. The lowest BCUT2D eigenvalue weighted by atomic mass is 10.0. The average molecular weight is 307 g/mol. The lowest BCUT2D eigenvalue weighted by Crippen LogP contribution is -2.05. The molecule has 0 N–H and O–H groups in total. The molecule has 1 aromatic carbocycles. The first kappa shape index (κ1) is 13.5. The molecular formula is C15H19BrN2. The maximum atomic E-state index is 4.74. The van der Waals surface area contributed by atoms with Gasteiger partial charge in [-0.05, 0) is 34.3 Å². The molecule has 0 atom stereocenters. The second-order valence-electron chi connectivity index (χ2n) is 5.37. The van der Waals surface area contributed by atoms with Crippen molar-refractivity contribution in [2.24, 2.45) is 0 Å². The quantitative estimate of drug-likeness (QED) is 0.784. The topological polar surface area (TPSA) is 25.8 Å². The fourth-order valence-electron chi connectivity index (χ4n) is 2.00. The van der Waals surface area contributed by atoms with Crippen LogP contribution in [-0.2, 0) is 0 Å². The Labute approximate surface area is 117 Å². The zero-order valence-corrected chi connectivity index (χ0v) is 13.2. The highest BCUT2D eigenvalue weighted by Gasteiger charge is 2.15. The Hall–Kier alpha value is -0.960. The van der Waals surface area contributed by atoms with Gasteiger partial charge in [-0.25, -0.2) is 9.97 Å². The summed E-state index contributed by atoms with van der Waals surface area (Å²) in [5.74, 6) is 1.68. The van der Waals surface area contributed by atoms with Crippen LogP contribution in [0.4, 0.5) is 0 Å². The van der Waals surface area contributed by atoms with E-state index in [2.05, 4.69) is 62.7 Å². The molecule has 0 saturated heterocycles. The molecular weight excluding hydrogens is 288 g/mol. The van der Waals surface area contributed by atoms with Crippen molar-refractivity contribution in [1.29, 1.82) is 0 Å². The highest BCUT2D eigenvalue weighted by molar-refractivity contribution is 9.10. The van der Waals surface area contributed by atoms with Gasteiger partial charge < -0.3 is 0 Å². The van der Waals surface area contributed by atoms with Crippen LogP contribution in [0.5, 0.6) is 0 Å². The number of nitrogens with zero attached hydrogens (tertiary/aromatic N) is 2. The van der Waals surface area contributed by atoms with E-state index in [0.29, 0.717) is 11.8 Å². The van der Waals surface area contributed by atoms with E-state index in [1.165, 1.54) is 5.56 Å². The van der Waals surface area contributed by atoms with Crippen molar-refractivity contribution in [1.82, 2.24) is 9.97 Å². The summed E-state index contributed by atoms with van der Waals surface area (Å²) in [5, 5.41) is 1.16. The standard InChI is InChI=1S/C15H19BrN2/c1-8(2)13-11-7-6-10(5)12(16)14(11)18-15(17-13)9(3)4/h6-9H,1-5H3. The summed E-state index contributed by atoms with van der Waals surface area (Å²) in [6, 6.07) is 4.26. The van der Waals surface area contributed by atoms with Crippen LogP contribution in [0.25, 0.3) is 10.9 Å². The Bertz CT molecular complexity index is 589. The number of aryl methyl sites for hydroxylation is 1. The van der Waals surface area contributed by atoms with Gasteiger partial charge in [-0.3, -0.25) is 0 Å². The second kappa shape index (κ2) is 4.96. The number of fused-ring (bicyclic) bond motifs is 1. The molecule has 2 nitrogen and oxygen atoms in total. The summed E-state index contributed by atoms with van der Waals surface area (Å²) in [4.78, 5) is 9.46. The van der Waals surface area contributed by atoms with E-state index in [1.807, 2.05) is 0 Å². The van der Waals surface area contributed by atoms with Crippen molar-refractivity contribution in [3.05, 3.63) is 33.7 Å². The maximum Gasteiger partial charge on any atom is 0.131 e. The third-order valence-corrected chi connectivity index (χ3v) is 4.11. The number of hydrogen-bond donors (Lipinski definition) is 0. The molecule has 18 heavy (non-hydrogen) atoms. The first-order chi connectivity index (χ1) is 8.41. The van der Waals surface area contributed by atoms with Crippen molar-refractivity contribution < 1.29 is 0 Å². The number of hydrogen-bond acceptors (Lipinski definition) is 2. The molecule has 0 amide bonds. The molecule has 0 unspecified atom stereocenters. The molecule has 0 bridgehead atoms. The highest BCUT2D eigenvalue weighted by atomic mass is 79.9. The predicted molar refractivity (Wildman–Crippen MR) is 80.2 cm³/mol. The van der Waals surface area contributed by atoms with Crippen LogP contribution in [-0.4, -0.2) is 9.97 Å². The van der Waals surface area contributed by atoms with Crippen molar-refractivity contribution in [2.45, 2.75) is 46.5 Å². The van der Waals surface area contributed by atoms with E-state index < -0.39 is 0 Å². The highest BCUT2D eigenvalue weighted by Crippen LogP contribution is 2.31. The van der Waals surface area contributed by atoms with E-state index in [4.69, 9.17) is 9.97 Å². The van der Waals surface area contributed by atoms with Crippen LogP contribution in [0.15, 0.2) is 16.6 Å². The average Bonchev–Trinajstić information content (AvgIpc) is 2.32. The lowest BCUT2D eigenvalue weighted by Gasteiger charge is -2.14. The van der Waals surface area contributed by atoms with Crippen molar-refractivity contribution in [3.8, 4) is 0 Å². The summed E-state index contributed by atoms with van der Waals surface area (Å²) < 4.78 is 1.09. The summed E-state index contributed by atoms with van der Waals surface area (Å²) in [7, 11) is 0. The van der Waals surface area contributed by atoms with E-state index >= 15 is 0 Å². The summed E-state index contributed by atoms with van der Waals surface area (Å²) in [5.41, 5.74) is 3.40. The smallest absolute Gasteiger partial charge is 0.131 e. The molecule has 2 rings (SSSR count). The molecule has 1 heterocycles. The van der Waals surface area contributed by atoms with Gasteiger partial charge in [0, 0.05) is 15.8 Å². The third kappa shape index (κ3) is 2.28. The van der Waals surface area contributed by atoms with E-state index in [9.17, 15) is 0 Å². The minimum absolute atomic E-state index is 0.347. The largest absolute Gasteiger partial charge is 0.237 e. The van der Waals surface area contributed by atoms with Gasteiger partial charge in [0.25, 0.3) is 0 Å². The minimum atomic E-state index is 0.347. The molecule has 0 fully saturated rings. The normalized spacial score (nSPS) is 11.8. The van der Waals surface area contributed by atoms with Gasteiger partial charge in [-0.2, -0.15) is 0 Å². The van der Waals surface area contributed by atoms with Gasteiger partial charge >= 0.3 is 0 Å². The molecule has 0 saturated carbocycles. The predicted octanol–water partition coefficient (Wildman–Crippen LogP) is 4.95. The molecule has 3 heteroatoms. The van der Waals surface area contributed by atoms with Crippen molar-refractivity contribution >= 4 is 26.8 Å². The van der Waals surface area contributed by atoms with Gasteiger partial charge in [0.15, 0.2) is 0 Å². The Morgan fingerprint density at radius 2 is 1.67 bits per heavy atom. The zero-order chi connectivity index (χ0) is 13.4. The van der Waals surface area contributed by atoms with Crippen LogP contribution >= 0.6 is 15.9 Å². The number of rotatable bonds is 2. The Balaban J connectivity index is 2.85. The number of benzene rings is 1. The number of aromatic nitrogens is 2. The summed E-state index contributed by atoms with van der Waals surface area (Å²) >= 11 is 3.66. The molecule has 0 spiro atoms. The monoisotopic (exact) mass is 306 g/mol. The van der Waals surface area contributed by atoms with Crippen molar-refractivity contribution in [3.63, 3.8) is 0 Å². The first-order valence-corrected chi connectivity index (χ1v) is 7.17.